The van der Waals surface area contributed by atoms with Crippen LogP contribution in [0.2, 0.25) is 0 Å². The molecule has 22 heteroatoms. The number of aliphatic hydroxyl groups is 4. The van der Waals surface area contributed by atoms with E-state index in [0.29, 0.717) is 21.1 Å². The predicted octanol–water partition coefficient (Wildman–Crippen LogP) is 1.73. The molecule has 1 aliphatic heterocycles. The number of hydrogen-bond acceptors (Lipinski definition) is 15. The second-order valence-electron chi connectivity index (χ2n) is 10.5. The van der Waals surface area contributed by atoms with Crippen LogP contribution in [-0.4, -0.2) is 74.7 Å². The van der Waals surface area contributed by atoms with Crippen LogP contribution < -0.4 is 5.69 Å². The third kappa shape index (κ3) is 8.40. The van der Waals surface area contributed by atoms with Crippen LogP contribution in [0.15, 0.2) is 64.5 Å². The largest absolute Gasteiger partial charge is 0.490 e. The molecule has 1 aliphatic carbocycles. The molecule has 2 heterocycles. The zero-order valence-corrected chi connectivity index (χ0v) is 26.9. The second kappa shape index (κ2) is 13.2. The Morgan fingerprint density at radius 1 is 0.891 bits per heavy atom. The summed E-state index contributed by atoms with van der Waals surface area (Å²) in [5, 5.41) is 43.6. The SMILES string of the molecule is O=c1nc(SCC2CC2)ccn1C1OC(COP(=O)(O)OP(=O)(O)OP(=O)(O)OCc2ccc3ccccc3c2)C(O)(O)C1(O)O. The van der Waals surface area contributed by atoms with E-state index < -0.39 is 66.3 Å². The van der Waals surface area contributed by atoms with E-state index in [1.54, 1.807) is 36.4 Å². The summed E-state index contributed by atoms with van der Waals surface area (Å²) >= 11 is 1.30. The van der Waals surface area contributed by atoms with Gasteiger partial charge in [-0.2, -0.15) is 13.6 Å². The summed E-state index contributed by atoms with van der Waals surface area (Å²) in [6.07, 6.45) is -1.32. The molecule has 3 aromatic rings. The number of phosphoric ester groups is 2. The van der Waals surface area contributed by atoms with Crippen LogP contribution in [-0.2, 0) is 42.7 Å². The first-order valence-corrected chi connectivity index (χ1v) is 18.8. The molecule has 2 fully saturated rings. The van der Waals surface area contributed by atoms with E-state index in [-0.39, 0.29) is 0 Å². The van der Waals surface area contributed by atoms with E-state index in [0.717, 1.165) is 35.6 Å². The van der Waals surface area contributed by atoms with Crippen LogP contribution in [0.3, 0.4) is 0 Å². The maximum absolute atomic E-state index is 12.6. The van der Waals surface area contributed by atoms with Crippen molar-refractivity contribution in [1.82, 2.24) is 9.55 Å². The normalized spacial score (nSPS) is 24.7. The fourth-order valence-electron chi connectivity index (χ4n) is 4.29. The van der Waals surface area contributed by atoms with Crippen molar-refractivity contribution in [3.63, 3.8) is 0 Å². The van der Waals surface area contributed by atoms with E-state index in [1.165, 1.54) is 17.8 Å². The Hall–Kier alpha value is -1.86. The van der Waals surface area contributed by atoms with Gasteiger partial charge in [-0.3, -0.25) is 13.6 Å². The van der Waals surface area contributed by atoms with Gasteiger partial charge in [0.2, 0.25) is 0 Å². The lowest BCUT2D eigenvalue weighted by atomic mass is 10.0. The molecule has 1 aromatic heterocycles. The van der Waals surface area contributed by atoms with Crippen molar-refractivity contribution in [3.05, 3.63) is 70.8 Å². The Morgan fingerprint density at radius 2 is 1.54 bits per heavy atom. The average Bonchev–Trinajstić information content (AvgIpc) is 3.76. The van der Waals surface area contributed by atoms with Gasteiger partial charge in [0.25, 0.3) is 11.6 Å². The first kappa shape index (κ1) is 35.4. The van der Waals surface area contributed by atoms with Crippen LogP contribution in [0.25, 0.3) is 10.8 Å². The molecule has 1 saturated heterocycles. The minimum atomic E-state index is -5.89. The van der Waals surface area contributed by atoms with Crippen LogP contribution in [0, 0.1) is 5.92 Å². The minimum absolute atomic E-state index is 0.326. The van der Waals surface area contributed by atoms with Gasteiger partial charge in [-0.25, -0.2) is 18.5 Å². The Kier molecular flexibility index (Phi) is 10.2. The molecule has 2 aromatic carbocycles. The van der Waals surface area contributed by atoms with E-state index in [4.69, 9.17) is 9.26 Å². The number of hydrogen-bond donors (Lipinski definition) is 7. The Bertz CT molecular complexity index is 1800. The van der Waals surface area contributed by atoms with Gasteiger partial charge in [0.15, 0.2) is 6.23 Å². The summed E-state index contributed by atoms with van der Waals surface area (Å²) in [6, 6.07) is 13.4. The van der Waals surface area contributed by atoms with Gasteiger partial charge < -0.3 is 39.8 Å². The van der Waals surface area contributed by atoms with Gasteiger partial charge >= 0.3 is 29.2 Å². The first-order valence-electron chi connectivity index (χ1n) is 13.3. The molecule has 0 radical (unpaired) electrons. The topological polar surface area (TPSA) is 274 Å². The molecule has 5 unspecified atom stereocenters. The number of phosphoric acid groups is 3. The second-order valence-corrected chi connectivity index (χ2v) is 16.1. The molecule has 18 nitrogen and oxygen atoms in total. The number of nitrogens with zero attached hydrogens (tertiary/aromatic N) is 2. The molecule has 0 bridgehead atoms. The number of benzene rings is 2. The maximum atomic E-state index is 12.6. The molecule has 1 saturated carbocycles. The minimum Gasteiger partial charge on any atom is -0.359 e. The summed E-state index contributed by atoms with van der Waals surface area (Å²) < 4.78 is 59.8. The molecule has 7 N–H and O–H groups in total. The van der Waals surface area contributed by atoms with E-state index >= 15 is 0 Å². The number of thioether (sulfide) groups is 1. The van der Waals surface area contributed by atoms with Crippen molar-refractivity contribution in [3.8, 4) is 0 Å². The van der Waals surface area contributed by atoms with Crippen LogP contribution in [0.1, 0.15) is 24.6 Å². The number of fused-ring (bicyclic) bond motifs is 1. The van der Waals surface area contributed by atoms with Crippen molar-refractivity contribution < 1.29 is 71.2 Å². The highest BCUT2D eigenvalue weighted by atomic mass is 32.2. The lowest BCUT2D eigenvalue weighted by Gasteiger charge is -2.31. The smallest absolute Gasteiger partial charge is 0.359 e. The van der Waals surface area contributed by atoms with Crippen molar-refractivity contribution in [1.29, 1.82) is 0 Å². The Morgan fingerprint density at radius 3 is 2.20 bits per heavy atom. The zero-order chi connectivity index (χ0) is 33.5. The fraction of sp³-hybridized carbons (Fsp3) is 0.417. The van der Waals surface area contributed by atoms with Crippen molar-refractivity contribution >= 4 is 46.0 Å². The highest BCUT2D eigenvalue weighted by Crippen LogP contribution is 2.68. The monoisotopic (exact) mass is 726 g/mol. The quantitative estimate of drug-likeness (QED) is 0.0539. The Labute approximate surface area is 264 Å². The summed E-state index contributed by atoms with van der Waals surface area (Å²) in [4.78, 5) is 46.1. The first-order chi connectivity index (χ1) is 21.4. The van der Waals surface area contributed by atoms with Gasteiger partial charge in [-0.1, -0.05) is 36.4 Å². The van der Waals surface area contributed by atoms with Crippen molar-refractivity contribution in [2.75, 3.05) is 12.4 Å². The molecule has 5 atom stereocenters. The lowest BCUT2D eigenvalue weighted by molar-refractivity contribution is -0.355. The lowest BCUT2D eigenvalue weighted by Crippen LogP contribution is -2.59. The number of rotatable bonds is 14. The fourth-order valence-corrected chi connectivity index (χ4v) is 8.82. The predicted molar refractivity (Wildman–Crippen MR) is 157 cm³/mol. The molecule has 0 spiro atoms. The maximum Gasteiger partial charge on any atom is 0.490 e. The molecule has 46 heavy (non-hydrogen) atoms. The van der Waals surface area contributed by atoms with Gasteiger partial charge in [-0.05, 0) is 47.2 Å². The molecule has 5 rings (SSSR count). The van der Waals surface area contributed by atoms with E-state index in [2.05, 4.69) is 18.1 Å². The van der Waals surface area contributed by atoms with Crippen molar-refractivity contribution in [2.24, 2.45) is 5.92 Å². The molecular formula is C24H29N2O16P3S. The Balaban J connectivity index is 1.18. The average molecular weight is 726 g/mol. The van der Waals surface area contributed by atoms with Crippen LogP contribution >= 0.6 is 35.2 Å². The molecular weight excluding hydrogens is 697 g/mol. The van der Waals surface area contributed by atoms with Gasteiger partial charge in [0.05, 0.1) is 13.2 Å². The highest BCUT2D eigenvalue weighted by molar-refractivity contribution is 7.99. The number of aromatic nitrogens is 2. The zero-order valence-electron chi connectivity index (χ0n) is 23.4. The number of ether oxygens (including phenoxy) is 1. The summed E-state index contributed by atoms with van der Waals surface area (Å²) in [6.45, 7) is -2.00. The van der Waals surface area contributed by atoms with Gasteiger partial charge in [0.1, 0.15) is 11.1 Å². The van der Waals surface area contributed by atoms with E-state index in [1.807, 2.05) is 6.07 Å². The standard InChI is InChI=1S/C24H29N2O16P3S/c27-22-25-20(46-14-15-5-6-15)9-10-26(22)21-24(30,31)23(28,29)19(40-21)13-39-44(34,35)42-45(36,37)41-43(32,33)38-12-16-7-8-17-3-1-2-4-18(17)11-16/h1-4,7-11,15,19,21,28-31H,5-6,12-14H2,(H,32,33)(H,34,35)(H,36,37). The van der Waals surface area contributed by atoms with Gasteiger partial charge in [-0.15, -0.1) is 11.8 Å². The molecule has 0 amide bonds. The third-order valence-corrected chi connectivity index (χ3v) is 12.3. The third-order valence-electron chi connectivity index (χ3n) is 6.86. The summed E-state index contributed by atoms with van der Waals surface area (Å²) in [5.74, 6) is -6.04. The van der Waals surface area contributed by atoms with Crippen LogP contribution in [0.5, 0.6) is 0 Å². The van der Waals surface area contributed by atoms with Crippen LogP contribution in [0.4, 0.5) is 0 Å². The van der Waals surface area contributed by atoms with Gasteiger partial charge in [0, 0.05) is 11.9 Å². The summed E-state index contributed by atoms with van der Waals surface area (Å²) in [5.41, 5.74) is -0.681. The van der Waals surface area contributed by atoms with Crippen molar-refractivity contribution in [2.45, 2.75) is 48.4 Å². The summed E-state index contributed by atoms with van der Waals surface area (Å²) in [7, 11) is -17.0. The van der Waals surface area contributed by atoms with E-state index in [9.17, 15) is 53.6 Å². The molecule has 2 aliphatic rings. The molecule has 252 valence electrons. The highest BCUT2D eigenvalue weighted by Gasteiger charge is 2.67.